The lowest BCUT2D eigenvalue weighted by Gasteiger charge is -2.27. The lowest BCUT2D eigenvalue weighted by Crippen LogP contribution is -2.45. The second-order valence-corrected chi connectivity index (χ2v) is 5.04. The number of carbonyl (C=O) groups excluding carboxylic acids is 1. The summed E-state index contributed by atoms with van der Waals surface area (Å²) >= 11 is 6.01. The van der Waals surface area contributed by atoms with Crippen LogP contribution in [-0.2, 0) is 20.7 Å². The van der Waals surface area contributed by atoms with Crippen molar-refractivity contribution < 1.29 is 14.3 Å². The fraction of sp³-hybridized carbons (Fsp3) is 0.500. The molecule has 1 rings (SSSR count). The Morgan fingerprint density at radius 1 is 1.37 bits per heavy atom. The molecule has 0 bridgehead atoms. The zero-order valence-corrected chi connectivity index (χ0v) is 12.3. The van der Waals surface area contributed by atoms with E-state index in [-0.39, 0.29) is 12.3 Å². The minimum Gasteiger partial charge on any atom is -0.382 e. The summed E-state index contributed by atoms with van der Waals surface area (Å²) in [6.45, 7) is 2.68. The molecule has 1 atom stereocenters. The number of halogens is 1. The van der Waals surface area contributed by atoms with Crippen LogP contribution < -0.4 is 5.32 Å². The quantitative estimate of drug-likeness (QED) is 0.834. The van der Waals surface area contributed by atoms with Gasteiger partial charge in [0.15, 0.2) is 0 Å². The van der Waals surface area contributed by atoms with Gasteiger partial charge in [0.25, 0.3) is 0 Å². The number of methoxy groups -OCH3 is 2. The van der Waals surface area contributed by atoms with E-state index in [2.05, 4.69) is 5.32 Å². The highest BCUT2D eigenvalue weighted by atomic mass is 35.5. The second kappa shape index (κ2) is 7.48. The number of carbonyl (C=O) groups is 1. The molecule has 0 saturated heterocycles. The molecule has 0 aliphatic rings. The van der Waals surface area contributed by atoms with Gasteiger partial charge in [-0.3, -0.25) is 4.79 Å². The number of hydrogen-bond donors (Lipinski definition) is 1. The molecule has 0 aliphatic carbocycles. The highest BCUT2D eigenvalue weighted by Gasteiger charge is 2.24. The number of rotatable bonds is 7. The molecule has 1 N–H and O–H groups in total. The number of nitrogens with one attached hydrogen (secondary N) is 1. The summed E-state index contributed by atoms with van der Waals surface area (Å²) in [5.41, 5.74) is 0.290. The van der Waals surface area contributed by atoms with E-state index in [1.54, 1.807) is 20.3 Å². The molecule has 1 unspecified atom stereocenters. The Labute approximate surface area is 119 Å². The molecule has 1 aromatic rings. The fourth-order valence-electron chi connectivity index (χ4n) is 1.65. The molecule has 0 saturated carbocycles. The van der Waals surface area contributed by atoms with Crippen LogP contribution in [0.1, 0.15) is 12.5 Å². The van der Waals surface area contributed by atoms with Crippen molar-refractivity contribution in [1.82, 2.24) is 5.32 Å². The molecule has 1 amide bonds. The van der Waals surface area contributed by atoms with Gasteiger partial charge < -0.3 is 14.8 Å². The molecule has 0 radical (unpaired) electrons. The Hall–Kier alpha value is -1.10. The number of benzene rings is 1. The van der Waals surface area contributed by atoms with Crippen LogP contribution in [0.15, 0.2) is 24.3 Å². The van der Waals surface area contributed by atoms with Gasteiger partial charge in [0.1, 0.15) is 5.60 Å². The highest BCUT2D eigenvalue weighted by molar-refractivity contribution is 6.31. The zero-order chi connectivity index (χ0) is 14.3. The molecule has 0 fully saturated rings. The van der Waals surface area contributed by atoms with Gasteiger partial charge in [-0.15, -0.1) is 0 Å². The van der Waals surface area contributed by atoms with Gasteiger partial charge in [-0.2, -0.15) is 0 Å². The lowest BCUT2D eigenvalue weighted by molar-refractivity contribution is -0.122. The first-order valence-electron chi connectivity index (χ1n) is 6.05. The monoisotopic (exact) mass is 285 g/mol. The van der Waals surface area contributed by atoms with Crippen LogP contribution in [0.2, 0.25) is 5.02 Å². The van der Waals surface area contributed by atoms with Crippen molar-refractivity contribution in [3.05, 3.63) is 34.9 Å². The van der Waals surface area contributed by atoms with Gasteiger partial charge in [0.05, 0.1) is 13.0 Å². The summed E-state index contributed by atoms with van der Waals surface area (Å²) in [6.07, 6.45) is 0.256. The van der Waals surface area contributed by atoms with Crippen molar-refractivity contribution in [1.29, 1.82) is 0 Å². The average Bonchev–Trinajstić information content (AvgIpc) is 2.40. The van der Waals surface area contributed by atoms with Crippen molar-refractivity contribution >= 4 is 17.5 Å². The van der Waals surface area contributed by atoms with E-state index >= 15 is 0 Å². The van der Waals surface area contributed by atoms with Crippen molar-refractivity contribution in [2.75, 3.05) is 27.4 Å². The van der Waals surface area contributed by atoms with E-state index in [9.17, 15) is 4.79 Å². The van der Waals surface area contributed by atoms with Gasteiger partial charge in [0.2, 0.25) is 5.91 Å². The van der Waals surface area contributed by atoms with Gasteiger partial charge in [-0.1, -0.05) is 29.8 Å². The van der Waals surface area contributed by atoms with Crippen LogP contribution in [0.25, 0.3) is 0 Å². The summed E-state index contributed by atoms with van der Waals surface area (Å²) in [7, 11) is 3.20. The Morgan fingerprint density at radius 3 is 2.63 bits per heavy atom. The summed E-state index contributed by atoms with van der Waals surface area (Å²) in [4.78, 5) is 11.9. The van der Waals surface area contributed by atoms with Crippen LogP contribution in [0, 0.1) is 0 Å². The molecule has 1 aromatic carbocycles. The van der Waals surface area contributed by atoms with Crippen LogP contribution >= 0.6 is 11.6 Å². The van der Waals surface area contributed by atoms with Crippen molar-refractivity contribution in [2.24, 2.45) is 0 Å². The molecule has 0 aromatic heterocycles. The van der Waals surface area contributed by atoms with Gasteiger partial charge in [-0.05, 0) is 18.6 Å². The SMILES string of the molecule is COCC(C)(CNC(=O)Cc1ccccc1Cl)OC. The van der Waals surface area contributed by atoms with E-state index in [0.717, 1.165) is 5.56 Å². The van der Waals surface area contributed by atoms with Crippen LogP contribution in [-0.4, -0.2) is 38.9 Å². The Balaban J connectivity index is 2.50. The van der Waals surface area contributed by atoms with E-state index in [4.69, 9.17) is 21.1 Å². The van der Waals surface area contributed by atoms with Crippen LogP contribution in [0.3, 0.4) is 0 Å². The van der Waals surface area contributed by atoms with Crippen molar-refractivity contribution in [3.63, 3.8) is 0 Å². The summed E-state index contributed by atoms with van der Waals surface area (Å²) in [5, 5.41) is 3.43. The maximum atomic E-state index is 11.9. The molecule has 4 nitrogen and oxygen atoms in total. The third-order valence-corrected chi connectivity index (χ3v) is 3.28. The summed E-state index contributed by atoms with van der Waals surface area (Å²) in [6, 6.07) is 7.31. The van der Waals surface area contributed by atoms with Gasteiger partial charge in [-0.25, -0.2) is 0 Å². The molecule has 0 heterocycles. The minimum atomic E-state index is -0.523. The fourth-order valence-corrected chi connectivity index (χ4v) is 1.85. The first kappa shape index (κ1) is 16.0. The summed E-state index contributed by atoms with van der Waals surface area (Å²) in [5.74, 6) is -0.0903. The maximum Gasteiger partial charge on any atom is 0.224 e. The van der Waals surface area contributed by atoms with Crippen molar-refractivity contribution in [2.45, 2.75) is 18.9 Å². The number of ether oxygens (including phenoxy) is 2. The average molecular weight is 286 g/mol. The normalized spacial score (nSPS) is 13.9. The Bertz CT molecular complexity index is 425. The first-order chi connectivity index (χ1) is 9.00. The van der Waals surface area contributed by atoms with E-state index in [1.807, 2.05) is 25.1 Å². The van der Waals surface area contributed by atoms with Crippen molar-refractivity contribution in [3.8, 4) is 0 Å². The smallest absolute Gasteiger partial charge is 0.224 e. The van der Waals surface area contributed by atoms with E-state index in [1.165, 1.54) is 0 Å². The molecule has 19 heavy (non-hydrogen) atoms. The molecule has 0 spiro atoms. The van der Waals surface area contributed by atoms with Crippen LogP contribution in [0.5, 0.6) is 0 Å². The molecule has 106 valence electrons. The van der Waals surface area contributed by atoms with E-state index < -0.39 is 5.60 Å². The lowest BCUT2D eigenvalue weighted by atomic mass is 10.1. The molecule has 5 heteroatoms. The largest absolute Gasteiger partial charge is 0.382 e. The predicted octanol–water partition coefficient (Wildman–Crippen LogP) is 2.05. The Kier molecular flexibility index (Phi) is 6.28. The predicted molar refractivity (Wildman–Crippen MR) is 75.5 cm³/mol. The molecular weight excluding hydrogens is 266 g/mol. The minimum absolute atomic E-state index is 0.0903. The Morgan fingerprint density at radius 2 is 2.05 bits per heavy atom. The molecule has 0 aliphatic heterocycles. The maximum absolute atomic E-state index is 11.9. The standard InChI is InChI=1S/C14H20ClNO3/c1-14(19-3,10-18-2)9-16-13(17)8-11-6-4-5-7-12(11)15/h4-7H,8-10H2,1-3H3,(H,16,17). The van der Waals surface area contributed by atoms with Gasteiger partial charge in [0, 0.05) is 25.8 Å². The second-order valence-electron chi connectivity index (χ2n) is 4.63. The van der Waals surface area contributed by atoms with Crippen LogP contribution in [0.4, 0.5) is 0 Å². The third kappa shape index (κ3) is 5.19. The number of hydrogen-bond acceptors (Lipinski definition) is 3. The topological polar surface area (TPSA) is 47.6 Å². The molecular formula is C14H20ClNO3. The zero-order valence-electron chi connectivity index (χ0n) is 11.5. The first-order valence-corrected chi connectivity index (χ1v) is 6.43. The summed E-state index contributed by atoms with van der Waals surface area (Å²) < 4.78 is 10.4. The highest BCUT2D eigenvalue weighted by Crippen LogP contribution is 2.15. The van der Waals surface area contributed by atoms with E-state index in [0.29, 0.717) is 18.2 Å². The van der Waals surface area contributed by atoms with Gasteiger partial charge >= 0.3 is 0 Å². The number of amides is 1. The third-order valence-electron chi connectivity index (χ3n) is 2.91.